The second-order valence-electron chi connectivity index (χ2n) is 5.67. The second-order valence-corrected chi connectivity index (χ2v) is 5.67. The van der Waals surface area contributed by atoms with Crippen LogP contribution in [0.2, 0.25) is 0 Å². The van der Waals surface area contributed by atoms with Gasteiger partial charge >= 0.3 is 0 Å². The molecule has 4 aromatic rings. The van der Waals surface area contributed by atoms with E-state index in [0.29, 0.717) is 23.5 Å². The van der Waals surface area contributed by atoms with E-state index in [1.54, 1.807) is 35.2 Å². The summed E-state index contributed by atoms with van der Waals surface area (Å²) >= 11 is 0. The molecule has 4 heterocycles. The predicted octanol–water partition coefficient (Wildman–Crippen LogP) is 1.95. The lowest BCUT2D eigenvalue weighted by Crippen LogP contribution is -2.28. The smallest absolute Gasteiger partial charge is 0.276 e. The molecule has 4 rings (SSSR count). The number of rotatable bonds is 5. The van der Waals surface area contributed by atoms with Crippen molar-refractivity contribution in [2.75, 3.05) is 0 Å². The minimum atomic E-state index is -0.157. The molecule has 126 valence electrons. The van der Waals surface area contributed by atoms with Crippen LogP contribution in [0, 0.1) is 0 Å². The maximum absolute atomic E-state index is 12.7. The zero-order valence-corrected chi connectivity index (χ0v) is 13.4. The summed E-state index contributed by atoms with van der Waals surface area (Å²) in [5.41, 5.74) is 1.81. The number of furan rings is 1. The Morgan fingerprint density at radius 1 is 1.16 bits per heavy atom. The molecule has 0 spiro atoms. The number of hydrogen-bond donors (Lipinski definition) is 1. The minimum absolute atomic E-state index is 0.150. The summed E-state index contributed by atoms with van der Waals surface area (Å²) in [5, 5.41) is 2.78. The van der Waals surface area contributed by atoms with Crippen LogP contribution < -0.4 is 10.9 Å². The van der Waals surface area contributed by atoms with Gasteiger partial charge < -0.3 is 14.1 Å². The van der Waals surface area contributed by atoms with Gasteiger partial charge in [0, 0.05) is 25.4 Å². The molecule has 0 aliphatic heterocycles. The second kappa shape index (κ2) is 6.27. The van der Waals surface area contributed by atoms with Crippen molar-refractivity contribution in [3.05, 3.63) is 71.2 Å². The average Bonchev–Trinajstić information content (AvgIpc) is 3.31. The number of aryl methyl sites for hydroxylation is 1. The molecular weight excluding hydrogens is 320 g/mol. The summed E-state index contributed by atoms with van der Waals surface area (Å²) in [6, 6.07) is 10.9. The van der Waals surface area contributed by atoms with Crippen molar-refractivity contribution in [2.24, 2.45) is 0 Å². The van der Waals surface area contributed by atoms with Gasteiger partial charge in [-0.1, -0.05) is 0 Å². The van der Waals surface area contributed by atoms with E-state index in [-0.39, 0.29) is 24.4 Å². The molecule has 1 N–H and O–H groups in total. The third-order valence-corrected chi connectivity index (χ3v) is 4.10. The fourth-order valence-electron chi connectivity index (χ4n) is 2.89. The van der Waals surface area contributed by atoms with Gasteiger partial charge in [0.15, 0.2) is 5.65 Å². The van der Waals surface area contributed by atoms with Gasteiger partial charge in [-0.15, -0.1) is 0 Å². The molecule has 0 atom stereocenters. The van der Waals surface area contributed by atoms with Crippen LogP contribution in [-0.4, -0.2) is 19.9 Å². The van der Waals surface area contributed by atoms with Crippen LogP contribution in [0.5, 0.6) is 0 Å². The zero-order chi connectivity index (χ0) is 17.2. The van der Waals surface area contributed by atoms with E-state index in [2.05, 4.69) is 10.3 Å². The van der Waals surface area contributed by atoms with Gasteiger partial charge in [-0.25, -0.2) is 4.98 Å². The summed E-state index contributed by atoms with van der Waals surface area (Å²) in [5.74, 6) is 0.537. The fourth-order valence-corrected chi connectivity index (χ4v) is 2.89. The topological polar surface area (TPSA) is 81.5 Å². The normalized spacial score (nSPS) is 11.2. The summed E-state index contributed by atoms with van der Waals surface area (Å²) < 4.78 is 8.55. The van der Waals surface area contributed by atoms with Crippen molar-refractivity contribution in [1.82, 2.24) is 19.3 Å². The average molecular weight is 336 g/mol. The molecular formula is C18H16N4O3. The Kier molecular flexibility index (Phi) is 3.81. The number of nitrogens with one attached hydrogen (secondary N) is 1. The van der Waals surface area contributed by atoms with Crippen molar-refractivity contribution in [3.63, 3.8) is 0 Å². The van der Waals surface area contributed by atoms with E-state index < -0.39 is 0 Å². The monoisotopic (exact) mass is 336 g/mol. The Hall–Kier alpha value is -3.35. The molecule has 0 radical (unpaired) electrons. The first kappa shape index (κ1) is 15.2. The molecule has 1 amide bonds. The van der Waals surface area contributed by atoms with Gasteiger partial charge in [0.25, 0.3) is 5.56 Å². The Balaban J connectivity index is 1.59. The summed E-state index contributed by atoms with van der Waals surface area (Å²) in [6.45, 7) is 0.593. The van der Waals surface area contributed by atoms with Crippen LogP contribution in [0.4, 0.5) is 0 Å². The van der Waals surface area contributed by atoms with Crippen molar-refractivity contribution in [3.8, 4) is 0 Å². The highest BCUT2D eigenvalue weighted by Gasteiger charge is 2.12. The molecule has 0 aromatic carbocycles. The molecule has 0 aliphatic carbocycles. The number of fused-ring (bicyclic) bond motifs is 3. The van der Waals surface area contributed by atoms with E-state index in [9.17, 15) is 9.59 Å². The molecule has 0 unspecified atom stereocenters. The Bertz CT molecular complexity index is 1090. The van der Waals surface area contributed by atoms with Gasteiger partial charge in [0.05, 0.1) is 18.3 Å². The highest BCUT2D eigenvalue weighted by molar-refractivity contribution is 5.77. The van der Waals surface area contributed by atoms with Crippen LogP contribution in [0.15, 0.2) is 64.3 Å². The number of carbonyl (C=O) groups is 1. The molecule has 0 bridgehead atoms. The molecule has 4 aromatic heterocycles. The SMILES string of the molecule is O=C(CCn1c(=O)c2cccn2c2cccnc21)NCc1ccco1. The number of pyridine rings is 1. The zero-order valence-electron chi connectivity index (χ0n) is 13.4. The molecule has 0 saturated heterocycles. The number of aromatic nitrogens is 3. The Labute approximate surface area is 142 Å². The third-order valence-electron chi connectivity index (χ3n) is 4.10. The largest absolute Gasteiger partial charge is 0.467 e. The third kappa shape index (κ3) is 2.80. The molecule has 0 fully saturated rings. The van der Waals surface area contributed by atoms with Crippen LogP contribution in [0.25, 0.3) is 16.7 Å². The first-order valence-corrected chi connectivity index (χ1v) is 7.98. The molecule has 0 aliphatic rings. The molecule has 7 nitrogen and oxygen atoms in total. The number of nitrogens with zero attached hydrogens (tertiary/aromatic N) is 3. The molecule has 7 heteroatoms. The first-order valence-electron chi connectivity index (χ1n) is 7.98. The van der Waals surface area contributed by atoms with E-state index in [0.717, 1.165) is 5.52 Å². The maximum atomic E-state index is 12.7. The lowest BCUT2D eigenvalue weighted by molar-refractivity contribution is -0.121. The number of carbonyl (C=O) groups excluding carboxylic acids is 1. The lowest BCUT2D eigenvalue weighted by Gasteiger charge is -2.11. The van der Waals surface area contributed by atoms with E-state index in [4.69, 9.17) is 4.42 Å². The quantitative estimate of drug-likeness (QED) is 0.604. The number of hydrogen-bond acceptors (Lipinski definition) is 4. The van der Waals surface area contributed by atoms with Crippen LogP contribution in [0.1, 0.15) is 12.2 Å². The van der Waals surface area contributed by atoms with Crippen LogP contribution in [0.3, 0.4) is 0 Å². The molecule has 0 saturated carbocycles. The summed E-state index contributed by atoms with van der Waals surface area (Å²) in [7, 11) is 0. The Morgan fingerprint density at radius 2 is 2.04 bits per heavy atom. The van der Waals surface area contributed by atoms with Gasteiger partial charge in [0.2, 0.25) is 5.91 Å². The lowest BCUT2D eigenvalue weighted by atomic mass is 10.3. The van der Waals surface area contributed by atoms with Gasteiger partial charge in [0.1, 0.15) is 11.3 Å². The van der Waals surface area contributed by atoms with Crippen molar-refractivity contribution in [2.45, 2.75) is 19.5 Å². The summed E-state index contributed by atoms with van der Waals surface area (Å²) in [6.07, 6.45) is 5.22. The fraction of sp³-hybridized carbons (Fsp3) is 0.167. The predicted molar refractivity (Wildman–Crippen MR) is 92.1 cm³/mol. The van der Waals surface area contributed by atoms with Gasteiger partial charge in [-0.05, 0) is 36.4 Å². The Morgan fingerprint density at radius 3 is 2.88 bits per heavy atom. The maximum Gasteiger partial charge on any atom is 0.276 e. The summed E-state index contributed by atoms with van der Waals surface area (Å²) in [4.78, 5) is 29.1. The van der Waals surface area contributed by atoms with Gasteiger partial charge in [-0.3, -0.25) is 14.2 Å². The van der Waals surface area contributed by atoms with E-state index in [1.807, 2.05) is 28.8 Å². The number of amides is 1. The van der Waals surface area contributed by atoms with Crippen LogP contribution in [-0.2, 0) is 17.9 Å². The van der Waals surface area contributed by atoms with E-state index >= 15 is 0 Å². The van der Waals surface area contributed by atoms with Crippen molar-refractivity contribution < 1.29 is 9.21 Å². The standard InChI is InChI=1S/C18H16N4O3/c23-16(20-12-13-4-3-11-25-13)7-10-22-17-14(5-1-8-19-17)21-9-2-6-15(21)18(22)24/h1-6,8-9,11H,7,10,12H2,(H,20,23). The highest BCUT2D eigenvalue weighted by Crippen LogP contribution is 2.13. The first-order chi connectivity index (χ1) is 12.2. The van der Waals surface area contributed by atoms with Crippen molar-refractivity contribution in [1.29, 1.82) is 0 Å². The van der Waals surface area contributed by atoms with Crippen molar-refractivity contribution >= 4 is 22.6 Å². The highest BCUT2D eigenvalue weighted by atomic mass is 16.3. The minimum Gasteiger partial charge on any atom is -0.467 e. The molecule has 25 heavy (non-hydrogen) atoms. The van der Waals surface area contributed by atoms with Gasteiger partial charge in [-0.2, -0.15) is 0 Å². The van der Waals surface area contributed by atoms with E-state index in [1.165, 1.54) is 0 Å². The van der Waals surface area contributed by atoms with Crippen LogP contribution >= 0.6 is 0 Å².